The fraction of sp³-hybridized carbons (Fsp3) is 0.900. The second kappa shape index (κ2) is 33.6. The molecule has 0 aromatic rings. The molecule has 0 aliphatic carbocycles. The summed E-state index contributed by atoms with van der Waals surface area (Å²) in [6, 6.07) is 0. The van der Waals surface area contributed by atoms with E-state index in [-0.39, 0.29) is 32.0 Å². The van der Waals surface area contributed by atoms with Crippen molar-refractivity contribution in [1.29, 1.82) is 0 Å². The Morgan fingerprint density at radius 1 is 0.600 bits per heavy atom. The number of hydrogen-bond donors (Lipinski definition) is 1. The van der Waals surface area contributed by atoms with Gasteiger partial charge in [0.1, 0.15) is 19.8 Å². The number of carbonyl (C=O) groups is 2. The highest BCUT2D eigenvalue weighted by atomic mass is 31.2. The van der Waals surface area contributed by atoms with E-state index in [1.165, 1.54) is 96.3 Å². The molecular formula is C40H79NO8P+. The second-order valence-corrected chi connectivity index (χ2v) is 16.5. The van der Waals surface area contributed by atoms with Gasteiger partial charge in [-0.05, 0) is 38.5 Å². The summed E-state index contributed by atoms with van der Waals surface area (Å²) in [5.74, 6) is -0.804. The highest BCUT2D eigenvalue weighted by molar-refractivity contribution is 7.47. The molecule has 0 radical (unpaired) electrons. The molecule has 0 heterocycles. The number of quaternary nitrogens is 1. The number of phosphoric ester groups is 1. The first kappa shape index (κ1) is 48.8. The topological polar surface area (TPSA) is 108 Å². The number of allylic oxidation sites excluding steroid dienone is 2. The predicted octanol–water partition coefficient (Wildman–Crippen LogP) is 11.0. The summed E-state index contributed by atoms with van der Waals surface area (Å²) in [6.45, 7) is 4.40. The Morgan fingerprint density at radius 2 is 1.02 bits per heavy atom. The number of nitrogens with zero attached hydrogens (tertiary/aromatic N) is 1. The van der Waals surface area contributed by atoms with Gasteiger partial charge < -0.3 is 18.9 Å². The first-order valence-corrected chi connectivity index (χ1v) is 21.9. The minimum absolute atomic E-state index is 0.0333. The van der Waals surface area contributed by atoms with Crippen LogP contribution >= 0.6 is 7.82 Å². The van der Waals surface area contributed by atoms with E-state index in [0.717, 1.165) is 51.4 Å². The number of rotatable bonds is 37. The lowest BCUT2D eigenvalue weighted by atomic mass is 10.1. The number of carbonyl (C=O) groups excluding carboxylic acids is 2. The zero-order valence-electron chi connectivity index (χ0n) is 33.1. The summed E-state index contributed by atoms with van der Waals surface area (Å²) in [4.78, 5) is 35.2. The number of esters is 2. The summed E-state index contributed by atoms with van der Waals surface area (Å²) in [6.07, 6.45) is 32.5. The molecule has 2 atom stereocenters. The molecular weight excluding hydrogens is 653 g/mol. The molecule has 1 N–H and O–H groups in total. The van der Waals surface area contributed by atoms with Gasteiger partial charge in [-0.15, -0.1) is 0 Å². The highest BCUT2D eigenvalue weighted by Crippen LogP contribution is 2.43. The molecule has 0 aromatic heterocycles. The van der Waals surface area contributed by atoms with E-state index in [1.807, 2.05) is 21.1 Å². The molecule has 0 fully saturated rings. The van der Waals surface area contributed by atoms with Crippen molar-refractivity contribution in [3.8, 4) is 0 Å². The van der Waals surface area contributed by atoms with E-state index in [4.69, 9.17) is 18.5 Å². The second-order valence-electron chi connectivity index (χ2n) is 15.0. The Bertz CT molecular complexity index is 876. The van der Waals surface area contributed by atoms with E-state index in [1.54, 1.807) is 0 Å². The molecule has 0 bridgehead atoms. The van der Waals surface area contributed by atoms with Crippen LogP contribution in [0.25, 0.3) is 0 Å². The van der Waals surface area contributed by atoms with E-state index in [0.29, 0.717) is 17.4 Å². The van der Waals surface area contributed by atoms with Gasteiger partial charge in [-0.2, -0.15) is 0 Å². The van der Waals surface area contributed by atoms with Crippen LogP contribution in [0, 0.1) is 0 Å². The first-order chi connectivity index (χ1) is 24.0. The van der Waals surface area contributed by atoms with Crippen molar-refractivity contribution in [2.75, 3.05) is 47.5 Å². The van der Waals surface area contributed by atoms with Crippen LogP contribution in [-0.4, -0.2) is 74.9 Å². The van der Waals surface area contributed by atoms with E-state index >= 15 is 0 Å². The first-order valence-electron chi connectivity index (χ1n) is 20.4. The third kappa shape index (κ3) is 36.5. The van der Waals surface area contributed by atoms with Crippen LogP contribution in [0.2, 0.25) is 0 Å². The Labute approximate surface area is 307 Å². The predicted molar refractivity (Wildman–Crippen MR) is 206 cm³/mol. The Morgan fingerprint density at radius 3 is 1.48 bits per heavy atom. The van der Waals surface area contributed by atoms with Gasteiger partial charge in [0.25, 0.3) is 0 Å². The van der Waals surface area contributed by atoms with Crippen LogP contribution in [0.4, 0.5) is 0 Å². The molecule has 0 saturated heterocycles. The van der Waals surface area contributed by atoms with Gasteiger partial charge in [0.05, 0.1) is 27.7 Å². The van der Waals surface area contributed by atoms with E-state index in [2.05, 4.69) is 26.0 Å². The fourth-order valence-electron chi connectivity index (χ4n) is 5.54. The zero-order valence-corrected chi connectivity index (χ0v) is 34.0. The fourth-order valence-corrected chi connectivity index (χ4v) is 6.28. The average molecular weight is 733 g/mol. The van der Waals surface area contributed by atoms with Crippen LogP contribution in [0.5, 0.6) is 0 Å². The molecule has 0 saturated carbocycles. The van der Waals surface area contributed by atoms with Gasteiger partial charge in [-0.25, -0.2) is 4.57 Å². The van der Waals surface area contributed by atoms with Crippen LogP contribution in [0.1, 0.15) is 181 Å². The lowest BCUT2D eigenvalue weighted by Crippen LogP contribution is -2.37. The summed E-state index contributed by atoms with van der Waals surface area (Å²) in [5.41, 5.74) is 0. The van der Waals surface area contributed by atoms with Crippen molar-refractivity contribution in [1.82, 2.24) is 0 Å². The number of ether oxygens (including phenoxy) is 2. The van der Waals surface area contributed by atoms with Gasteiger partial charge in [-0.1, -0.05) is 142 Å². The molecule has 0 amide bonds. The van der Waals surface area contributed by atoms with Gasteiger partial charge in [0.15, 0.2) is 6.10 Å². The van der Waals surface area contributed by atoms with Gasteiger partial charge in [0, 0.05) is 12.8 Å². The number of phosphoric acid groups is 1. The van der Waals surface area contributed by atoms with Crippen molar-refractivity contribution in [3.05, 3.63) is 12.2 Å². The van der Waals surface area contributed by atoms with Crippen LogP contribution < -0.4 is 0 Å². The smallest absolute Gasteiger partial charge is 0.462 e. The minimum atomic E-state index is -4.36. The maximum absolute atomic E-state index is 12.6. The van der Waals surface area contributed by atoms with Gasteiger partial charge >= 0.3 is 19.8 Å². The SMILES string of the molecule is CCCCCCCC/C=C/CCCCCCCC(=O)OC[C@H](COP(=O)(O)OCC[N+](C)(C)C)OC(=O)CCCCCCCCCCCCC. The number of unbranched alkanes of at least 4 members (excludes halogenated alkanes) is 21. The lowest BCUT2D eigenvalue weighted by Gasteiger charge is -2.24. The Balaban J connectivity index is 4.38. The summed E-state index contributed by atoms with van der Waals surface area (Å²) in [5, 5.41) is 0. The normalized spacial score (nSPS) is 13.8. The number of likely N-dealkylation sites (N-methyl/N-ethyl adjacent to an activating group) is 1. The molecule has 9 nitrogen and oxygen atoms in total. The van der Waals surface area contributed by atoms with Crippen molar-refractivity contribution >= 4 is 19.8 Å². The monoisotopic (exact) mass is 733 g/mol. The molecule has 50 heavy (non-hydrogen) atoms. The van der Waals surface area contributed by atoms with Crippen molar-refractivity contribution < 1.29 is 42.1 Å². The quantitative estimate of drug-likeness (QED) is 0.0221. The highest BCUT2D eigenvalue weighted by Gasteiger charge is 2.27. The Kier molecular flexibility index (Phi) is 32.7. The van der Waals surface area contributed by atoms with Gasteiger partial charge in [0.2, 0.25) is 0 Å². The average Bonchev–Trinajstić information content (AvgIpc) is 3.06. The molecule has 0 aliphatic heterocycles. The number of hydrogen-bond acceptors (Lipinski definition) is 7. The molecule has 296 valence electrons. The van der Waals surface area contributed by atoms with Crippen molar-refractivity contribution in [2.45, 2.75) is 187 Å². The van der Waals surface area contributed by atoms with Crippen molar-refractivity contribution in [3.63, 3.8) is 0 Å². The maximum Gasteiger partial charge on any atom is 0.472 e. The van der Waals surface area contributed by atoms with Gasteiger partial charge in [-0.3, -0.25) is 18.6 Å². The van der Waals surface area contributed by atoms with Crippen LogP contribution in [0.15, 0.2) is 12.2 Å². The lowest BCUT2D eigenvalue weighted by molar-refractivity contribution is -0.870. The molecule has 0 aliphatic rings. The van der Waals surface area contributed by atoms with Crippen molar-refractivity contribution in [2.24, 2.45) is 0 Å². The Hall–Kier alpha value is -1.25. The summed E-state index contributed by atoms with van der Waals surface area (Å²) < 4.78 is 34.2. The van der Waals surface area contributed by atoms with Crippen LogP contribution in [0.3, 0.4) is 0 Å². The third-order valence-corrected chi connectivity index (χ3v) is 9.78. The molecule has 0 rings (SSSR count). The largest absolute Gasteiger partial charge is 0.472 e. The van der Waals surface area contributed by atoms with E-state index in [9.17, 15) is 19.0 Å². The standard InChI is InChI=1S/C40H78NO8P/c1-6-8-10-12-14-16-18-19-20-21-23-24-26-28-30-32-39(42)46-36-38(37-48-50(44,45)47-35-34-41(3,4)5)49-40(43)33-31-29-27-25-22-17-15-13-11-9-7-2/h19-20,38H,6-18,21-37H2,1-5H3/p+1/b20-19+/t38-/m1/s1. The summed E-state index contributed by atoms with van der Waals surface area (Å²) in [7, 11) is 1.48. The maximum atomic E-state index is 12.6. The summed E-state index contributed by atoms with van der Waals surface area (Å²) >= 11 is 0. The molecule has 10 heteroatoms. The molecule has 0 aromatic carbocycles. The zero-order chi connectivity index (χ0) is 37.2. The van der Waals surface area contributed by atoms with E-state index < -0.39 is 26.5 Å². The minimum Gasteiger partial charge on any atom is -0.462 e. The third-order valence-electron chi connectivity index (χ3n) is 8.80. The molecule has 1 unspecified atom stereocenters. The molecule has 0 spiro atoms. The van der Waals surface area contributed by atoms with Crippen LogP contribution in [-0.2, 0) is 32.7 Å².